The van der Waals surface area contributed by atoms with Gasteiger partial charge in [-0.3, -0.25) is 13.8 Å². The van der Waals surface area contributed by atoms with Crippen molar-refractivity contribution in [2.24, 2.45) is 5.73 Å². The van der Waals surface area contributed by atoms with E-state index in [0.29, 0.717) is 13.0 Å². The van der Waals surface area contributed by atoms with Gasteiger partial charge in [-0.05, 0) is 64.2 Å². The predicted molar refractivity (Wildman–Crippen MR) is 229 cm³/mol. The fourth-order valence-corrected chi connectivity index (χ4v) is 6.97. The number of hydrogen-bond acceptors (Lipinski definition) is 7. The fraction of sp³-hybridized carbons (Fsp3) is 0.844. The topological polar surface area (TPSA) is 117 Å². The van der Waals surface area contributed by atoms with Crippen LogP contribution in [0.2, 0.25) is 0 Å². The van der Waals surface area contributed by atoms with Gasteiger partial charge in [-0.2, -0.15) is 0 Å². The third-order valence-electron chi connectivity index (χ3n) is 9.51. The molecular weight excluding hydrogens is 697 g/mol. The Morgan fingerprint density at radius 2 is 1.02 bits per heavy atom. The van der Waals surface area contributed by atoms with Crippen LogP contribution in [0.1, 0.15) is 206 Å². The lowest BCUT2D eigenvalue weighted by molar-refractivity contribution is -0.154. The summed E-state index contributed by atoms with van der Waals surface area (Å²) < 4.78 is 33.4. The van der Waals surface area contributed by atoms with Gasteiger partial charge in [0.25, 0.3) is 0 Å². The Hall–Kier alpha value is -1.28. The van der Waals surface area contributed by atoms with Gasteiger partial charge in [0, 0.05) is 19.6 Å². The van der Waals surface area contributed by atoms with Crippen LogP contribution in [-0.2, 0) is 27.9 Å². The summed E-state index contributed by atoms with van der Waals surface area (Å²) in [5.41, 5.74) is 5.37. The molecule has 0 saturated carbocycles. The second kappa shape index (κ2) is 42.9. The molecule has 54 heavy (non-hydrogen) atoms. The predicted octanol–water partition coefficient (Wildman–Crippen LogP) is 13.4. The van der Waals surface area contributed by atoms with E-state index in [1.807, 2.05) is 0 Å². The molecule has 0 radical (unpaired) electrons. The summed E-state index contributed by atoms with van der Waals surface area (Å²) in [7, 11) is -4.28. The van der Waals surface area contributed by atoms with Crippen LogP contribution in [0.4, 0.5) is 0 Å². The lowest BCUT2D eigenvalue weighted by Gasteiger charge is -2.20. The molecule has 0 spiro atoms. The zero-order valence-corrected chi connectivity index (χ0v) is 36.1. The Morgan fingerprint density at radius 1 is 0.556 bits per heavy atom. The lowest BCUT2D eigenvalue weighted by Crippen LogP contribution is -2.28. The summed E-state index contributed by atoms with van der Waals surface area (Å²) in [4.78, 5) is 22.4. The van der Waals surface area contributed by atoms with E-state index in [1.54, 1.807) is 0 Å². The molecule has 318 valence electrons. The number of rotatable bonds is 43. The Morgan fingerprint density at radius 3 is 1.54 bits per heavy atom. The van der Waals surface area contributed by atoms with Gasteiger partial charge in [-0.15, -0.1) is 0 Å². The average molecular weight is 784 g/mol. The van der Waals surface area contributed by atoms with E-state index in [9.17, 15) is 14.3 Å². The first kappa shape index (κ1) is 52.7. The standard InChI is InChI=1S/C45H86NO7P/c1-3-5-7-9-11-13-15-17-18-19-20-21-22-23-24-25-27-29-31-33-35-37-40-50-42-44(43-52-54(48,49)51-41-39-46)53-45(47)38-36-34-32-30-28-26-16-14-12-10-8-6-4-2/h8,10,14,16,19-20,44H,3-7,9,11-13,15,17-18,21-43,46H2,1-2H3,(H,48,49)/b10-8-,16-14-,20-19-. The van der Waals surface area contributed by atoms with Crippen molar-refractivity contribution in [1.82, 2.24) is 0 Å². The third-order valence-corrected chi connectivity index (χ3v) is 10.5. The summed E-state index contributed by atoms with van der Waals surface area (Å²) in [6.45, 7) is 4.85. The molecule has 0 aliphatic rings. The fourth-order valence-electron chi connectivity index (χ4n) is 6.21. The van der Waals surface area contributed by atoms with Crippen molar-refractivity contribution in [3.05, 3.63) is 36.5 Å². The van der Waals surface area contributed by atoms with E-state index in [0.717, 1.165) is 64.2 Å². The Balaban J connectivity index is 3.96. The average Bonchev–Trinajstić information content (AvgIpc) is 3.16. The van der Waals surface area contributed by atoms with E-state index in [4.69, 9.17) is 24.3 Å². The molecule has 0 rings (SSSR count). The third kappa shape index (κ3) is 41.9. The van der Waals surface area contributed by atoms with Gasteiger partial charge < -0.3 is 20.1 Å². The molecule has 8 nitrogen and oxygen atoms in total. The molecule has 0 aromatic carbocycles. The number of phosphoric ester groups is 1. The molecule has 2 atom stereocenters. The molecular formula is C45H86NO7P. The van der Waals surface area contributed by atoms with Crippen LogP contribution in [0.5, 0.6) is 0 Å². The van der Waals surface area contributed by atoms with E-state index in [1.165, 1.54) is 122 Å². The van der Waals surface area contributed by atoms with Crippen molar-refractivity contribution < 1.29 is 32.8 Å². The zero-order chi connectivity index (χ0) is 39.5. The second-order valence-corrected chi connectivity index (χ2v) is 16.4. The molecule has 2 unspecified atom stereocenters. The van der Waals surface area contributed by atoms with Gasteiger partial charge in [0.2, 0.25) is 0 Å². The molecule has 0 aliphatic carbocycles. The number of carbonyl (C=O) groups excluding carboxylic acids is 1. The number of hydrogen-bond donors (Lipinski definition) is 2. The summed E-state index contributed by atoms with van der Waals surface area (Å²) in [5, 5.41) is 0. The van der Waals surface area contributed by atoms with Crippen molar-refractivity contribution >= 4 is 13.8 Å². The van der Waals surface area contributed by atoms with Crippen molar-refractivity contribution in [3.63, 3.8) is 0 Å². The summed E-state index contributed by atoms with van der Waals surface area (Å²) in [6, 6.07) is 0. The summed E-state index contributed by atoms with van der Waals surface area (Å²) in [6.07, 6.45) is 48.8. The van der Waals surface area contributed by atoms with Gasteiger partial charge in [0.15, 0.2) is 0 Å². The molecule has 0 aliphatic heterocycles. The smallest absolute Gasteiger partial charge is 0.457 e. The van der Waals surface area contributed by atoms with Crippen LogP contribution >= 0.6 is 7.82 Å². The lowest BCUT2D eigenvalue weighted by atomic mass is 10.1. The number of phosphoric acid groups is 1. The van der Waals surface area contributed by atoms with E-state index >= 15 is 0 Å². The number of allylic oxidation sites excluding steroid dienone is 6. The molecule has 0 fully saturated rings. The highest BCUT2D eigenvalue weighted by Crippen LogP contribution is 2.43. The first-order chi connectivity index (χ1) is 26.4. The quantitative estimate of drug-likeness (QED) is 0.0272. The number of esters is 1. The molecule has 3 N–H and O–H groups in total. The number of carbonyl (C=O) groups is 1. The van der Waals surface area contributed by atoms with Crippen LogP contribution < -0.4 is 5.73 Å². The highest BCUT2D eigenvalue weighted by atomic mass is 31.2. The van der Waals surface area contributed by atoms with Gasteiger partial charge >= 0.3 is 13.8 Å². The molecule has 0 amide bonds. The number of ether oxygens (including phenoxy) is 2. The second-order valence-electron chi connectivity index (χ2n) is 14.9. The Labute approximate surface area is 333 Å². The van der Waals surface area contributed by atoms with Gasteiger partial charge in [0.05, 0.1) is 19.8 Å². The number of nitrogens with two attached hydrogens (primary N) is 1. The Bertz CT molecular complexity index is 926. The maximum atomic E-state index is 12.6. The summed E-state index contributed by atoms with van der Waals surface area (Å²) >= 11 is 0. The van der Waals surface area contributed by atoms with Crippen molar-refractivity contribution in [1.29, 1.82) is 0 Å². The highest BCUT2D eigenvalue weighted by molar-refractivity contribution is 7.47. The highest BCUT2D eigenvalue weighted by Gasteiger charge is 2.25. The monoisotopic (exact) mass is 784 g/mol. The van der Waals surface area contributed by atoms with E-state index < -0.39 is 13.9 Å². The van der Waals surface area contributed by atoms with Crippen molar-refractivity contribution in [2.45, 2.75) is 213 Å². The molecule has 9 heteroatoms. The maximum Gasteiger partial charge on any atom is 0.472 e. The van der Waals surface area contributed by atoms with Crippen LogP contribution in [-0.4, -0.2) is 49.9 Å². The molecule has 0 aromatic heterocycles. The van der Waals surface area contributed by atoms with Crippen LogP contribution in [0.25, 0.3) is 0 Å². The summed E-state index contributed by atoms with van der Waals surface area (Å²) in [5.74, 6) is -0.344. The van der Waals surface area contributed by atoms with Crippen LogP contribution in [0.3, 0.4) is 0 Å². The first-order valence-electron chi connectivity index (χ1n) is 22.5. The van der Waals surface area contributed by atoms with Gasteiger partial charge in [-0.25, -0.2) is 4.57 Å². The molecule has 0 aromatic rings. The van der Waals surface area contributed by atoms with E-state index in [-0.39, 0.29) is 32.3 Å². The van der Waals surface area contributed by atoms with Crippen molar-refractivity contribution in [2.75, 3.05) is 33.0 Å². The normalized spacial score (nSPS) is 13.8. The largest absolute Gasteiger partial charge is 0.472 e. The maximum absolute atomic E-state index is 12.6. The molecule has 0 saturated heterocycles. The van der Waals surface area contributed by atoms with E-state index in [2.05, 4.69) is 50.3 Å². The molecule has 0 bridgehead atoms. The molecule has 0 heterocycles. The SMILES string of the molecule is CCC/C=C\C/C=C\CCCCCCCC(=O)OC(COCCCCCCCCCCCC/C=C\CCCCCCCCCC)COP(=O)(O)OCCN. The first-order valence-corrected chi connectivity index (χ1v) is 24.0. The minimum absolute atomic E-state index is 0.0976. The minimum Gasteiger partial charge on any atom is -0.457 e. The zero-order valence-electron chi connectivity index (χ0n) is 35.2. The van der Waals surface area contributed by atoms with Crippen LogP contribution in [0.15, 0.2) is 36.5 Å². The Kier molecular flexibility index (Phi) is 41.8. The van der Waals surface area contributed by atoms with Crippen LogP contribution in [0, 0.1) is 0 Å². The minimum atomic E-state index is -4.28. The van der Waals surface area contributed by atoms with Crippen molar-refractivity contribution in [3.8, 4) is 0 Å². The van der Waals surface area contributed by atoms with Gasteiger partial charge in [-0.1, -0.05) is 172 Å². The van der Waals surface area contributed by atoms with Gasteiger partial charge in [0.1, 0.15) is 6.10 Å². The number of unbranched alkanes of at least 4 members (excludes halogenated alkanes) is 24.